The van der Waals surface area contributed by atoms with Crippen LogP contribution in [0.5, 0.6) is 0 Å². The van der Waals surface area contributed by atoms with Crippen molar-refractivity contribution in [1.29, 1.82) is 0 Å². The van der Waals surface area contributed by atoms with Gasteiger partial charge in [-0.2, -0.15) is 0 Å². The summed E-state index contributed by atoms with van der Waals surface area (Å²) in [5.74, 6) is 0.110. The van der Waals surface area contributed by atoms with Crippen molar-refractivity contribution in [2.75, 3.05) is 13.1 Å². The van der Waals surface area contributed by atoms with Gasteiger partial charge in [-0.15, -0.1) is 11.3 Å². The maximum Gasteiger partial charge on any atom is 0.220 e. The van der Waals surface area contributed by atoms with Gasteiger partial charge < -0.3 is 5.32 Å². The molecule has 4 nitrogen and oxygen atoms in total. The van der Waals surface area contributed by atoms with Crippen LogP contribution >= 0.6 is 11.3 Å². The van der Waals surface area contributed by atoms with Gasteiger partial charge in [-0.05, 0) is 49.2 Å². The Morgan fingerprint density at radius 2 is 1.75 bits per heavy atom. The van der Waals surface area contributed by atoms with Crippen LogP contribution in [0.25, 0.3) is 10.2 Å². The number of aryl methyl sites for hydroxylation is 1. The third-order valence-corrected chi connectivity index (χ3v) is 6.11. The molecule has 0 saturated heterocycles. The summed E-state index contributed by atoms with van der Waals surface area (Å²) in [7, 11) is 0. The van der Waals surface area contributed by atoms with Crippen LogP contribution in [0.4, 0.5) is 0 Å². The molecule has 0 bridgehead atoms. The number of fused-ring (bicyclic) bond motifs is 1. The predicted molar refractivity (Wildman–Crippen MR) is 117 cm³/mol. The Kier molecular flexibility index (Phi) is 7.57. The first kappa shape index (κ1) is 20.5. The highest BCUT2D eigenvalue weighted by Gasteiger charge is 2.09. The standard InChI is InChI=1S/C23H29N3OS/c1-3-26(4-2)17-19-11-6-5-10-18(19)16-24-22(27)14-9-15-23-25-20-12-7-8-13-21(20)28-23/h5-8,10-13H,3-4,9,14-17H2,1-2H3,(H,24,27). The number of nitrogens with one attached hydrogen (secondary N) is 1. The van der Waals surface area contributed by atoms with Crippen LogP contribution in [-0.4, -0.2) is 28.9 Å². The summed E-state index contributed by atoms with van der Waals surface area (Å²) in [6.07, 6.45) is 2.21. The SMILES string of the molecule is CCN(CC)Cc1ccccc1CNC(=O)CCCc1nc2ccccc2s1. The summed E-state index contributed by atoms with van der Waals surface area (Å²) < 4.78 is 1.21. The van der Waals surface area contributed by atoms with Crippen LogP contribution in [0, 0.1) is 0 Å². The lowest BCUT2D eigenvalue weighted by Gasteiger charge is -2.20. The van der Waals surface area contributed by atoms with Crippen molar-refractivity contribution in [3.05, 3.63) is 64.7 Å². The van der Waals surface area contributed by atoms with Gasteiger partial charge in [0.25, 0.3) is 0 Å². The van der Waals surface area contributed by atoms with Gasteiger partial charge in [0.1, 0.15) is 0 Å². The molecule has 1 amide bonds. The third kappa shape index (κ3) is 5.63. The van der Waals surface area contributed by atoms with E-state index in [0.29, 0.717) is 13.0 Å². The van der Waals surface area contributed by atoms with Gasteiger partial charge in [0, 0.05) is 19.5 Å². The van der Waals surface area contributed by atoms with E-state index in [0.717, 1.165) is 43.0 Å². The maximum absolute atomic E-state index is 12.3. The number of carbonyl (C=O) groups excluding carboxylic acids is 1. The second-order valence-electron chi connectivity index (χ2n) is 6.94. The summed E-state index contributed by atoms with van der Waals surface area (Å²) in [6, 6.07) is 16.6. The molecule has 28 heavy (non-hydrogen) atoms. The molecule has 0 spiro atoms. The van der Waals surface area contributed by atoms with E-state index in [1.54, 1.807) is 11.3 Å². The average molecular weight is 396 g/mol. The molecule has 1 N–H and O–H groups in total. The quantitative estimate of drug-likeness (QED) is 0.537. The molecule has 0 aliphatic carbocycles. The summed E-state index contributed by atoms with van der Waals surface area (Å²) >= 11 is 1.72. The predicted octanol–water partition coefficient (Wildman–Crippen LogP) is 4.78. The number of hydrogen-bond donors (Lipinski definition) is 1. The Morgan fingerprint density at radius 3 is 2.50 bits per heavy atom. The van der Waals surface area contributed by atoms with E-state index in [9.17, 15) is 4.79 Å². The van der Waals surface area contributed by atoms with E-state index < -0.39 is 0 Å². The number of amides is 1. The molecule has 0 aliphatic rings. The minimum absolute atomic E-state index is 0.110. The average Bonchev–Trinajstić information content (AvgIpc) is 3.14. The summed E-state index contributed by atoms with van der Waals surface area (Å²) in [4.78, 5) is 19.3. The van der Waals surface area contributed by atoms with Crippen molar-refractivity contribution in [2.45, 2.75) is 46.2 Å². The van der Waals surface area contributed by atoms with Gasteiger partial charge in [-0.1, -0.05) is 50.2 Å². The van der Waals surface area contributed by atoms with Gasteiger partial charge in [0.15, 0.2) is 0 Å². The second-order valence-corrected chi connectivity index (χ2v) is 8.05. The van der Waals surface area contributed by atoms with Crippen molar-refractivity contribution in [2.24, 2.45) is 0 Å². The van der Waals surface area contributed by atoms with Crippen molar-refractivity contribution in [3.8, 4) is 0 Å². The fourth-order valence-corrected chi connectivity index (χ4v) is 4.29. The number of benzene rings is 2. The van der Waals surface area contributed by atoms with Gasteiger partial charge in [0.05, 0.1) is 15.2 Å². The number of nitrogens with zero attached hydrogens (tertiary/aromatic N) is 2. The topological polar surface area (TPSA) is 45.2 Å². The molecule has 148 valence electrons. The molecule has 3 aromatic rings. The molecule has 2 aromatic carbocycles. The number of hydrogen-bond acceptors (Lipinski definition) is 4. The molecule has 1 heterocycles. The Bertz CT molecular complexity index is 869. The lowest BCUT2D eigenvalue weighted by molar-refractivity contribution is -0.121. The van der Waals surface area contributed by atoms with Gasteiger partial charge in [0.2, 0.25) is 5.91 Å². The molecule has 0 fully saturated rings. The Labute approximate surface area is 171 Å². The molecule has 1 aromatic heterocycles. The van der Waals surface area contributed by atoms with Crippen LogP contribution in [0.3, 0.4) is 0 Å². The van der Waals surface area contributed by atoms with E-state index in [2.05, 4.69) is 53.3 Å². The lowest BCUT2D eigenvalue weighted by atomic mass is 10.1. The fourth-order valence-electron chi connectivity index (χ4n) is 3.28. The first-order valence-electron chi connectivity index (χ1n) is 10.1. The number of rotatable bonds is 10. The zero-order valence-electron chi connectivity index (χ0n) is 16.8. The van der Waals surface area contributed by atoms with Crippen LogP contribution in [0.15, 0.2) is 48.5 Å². The highest BCUT2D eigenvalue weighted by Crippen LogP contribution is 2.22. The second kappa shape index (κ2) is 10.3. The molecule has 0 radical (unpaired) electrons. The van der Waals surface area contributed by atoms with Crippen LogP contribution in [0.1, 0.15) is 42.8 Å². The fraction of sp³-hybridized carbons (Fsp3) is 0.391. The van der Waals surface area contributed by atoms with Gasteiger partial charge >= 0.3 is 0 Å². The van der Waals surface area contributed by atoms with Gasteiger partial charge in [-0.3, -0.25) is 9.69 Å². The number of carbonyl (C=O) groups is 1. The summed E-state index contributed by atoms with van der Waals surface area (Å²) in [5.41, 5.74) is 3.55. The first-order chi connectivity index (χ1) is 13.7. The van der Waals surface area contributed by atoms with E-state index in [4.69, 9.17) is 0 Å². The highest BCUT2D eigenvalue weighted by molar-refractivity contribution is 7.18. The number of para-hydroxylation sites is 1. The van der Waals surface area contributed by atoms with Crippen molar-refractivity contribution < 1.29 is 4.79 Å². The molecule has 0 saturated carbocycles. The van der Waals surface area contributed by atoms with Crippen LogP contribution in [-0.2, 0) is 24.3 Å². The van der Waals surface area contributed by atoms with E-state index in [1.807, 2.05) is 24.3 Å². The summed E-state index contributed by atoms with van der Waals surface area (Å²) in [5, 5.41) is 4.20. The molecule has 0 aliphatic heterocycles. The third-order valence-electron chi connectivity index (χ3n) is 5.02. The van der Waals surface area contributed by atoms with E-state index in [1.165, 1.54) is 15.8 Å². The first-order valence-corrected chi connectivity index (χ1v) is 10.9. The zero-order chi connectivity index (χ0) is 19.8. The monoisotopic (exact) mass is 395 g/mol. The number of aromatic nitrogens is 1. The Hall–Kier alpha value is -2.24. The molecule has 0 unspecified atom stereocenters. The normalized spacial score (nSPS) is 11.2. The van der Waals surface area contributed by atoms with Crippen LogP contribution < -0.4 is 5.32 Å². The zero-order valence-corrected chi connectivity index (χ0v) is 17.6. The minimum Gasteiger partial charge on any atom is -0.352 e. The smallest absolute Gasteiger partial charge is 0.220 e. The van der Waals surface area contributed by atoms with Crippen molar-refractivity contribution >= 4 is 27.5 Å². The number of thiazole rings is 1. The molecule has 0 atom stereocenters. The van der Waals surface area contributed by atoms with E-state index >= 15 is 0 Å². The van der Waals surface area contributed by atoms with Gasteiger partial charge in [-0.25, -0.2) is 4.98 Å². The van der Waals surface area contributed by atoms with Crippen molar-refractivity contribution in [3.63, 3.8) is 0 Å². The summed E-state index contributed by atoms with van der Waals surface area (Å²) in [6.45, 7) is 7.94. The minimum atomic E-state index is 0.110. The molecular formula is C23H29N3OS. The molecular weight excluding hydrogens is 366 g/mol. The van der Waals surface area contributed by atoms with E-state index in [-0.39, 0.29) is 5.91 Å². The van der Waals surface area contributed by atoms with Crippen molar-refractivity contribution in [1.82, 2.24) is 15.2 Å². The highest BCUT2D eigenvalue weighted by atomic mass is 32.1. The largest absolute Gasteiger partial charge is 0.352 e. The lowest BCUT2D eigenvalue weighted by Crippen LogP contribution is -2.26. The van der Waals surface area contributed by atoms with Crippen LogP contribution in [0.2, 0.25) is 0 Å². The Morgan fingerprint density at radius 1 is 1.04 bits per heavy atom. The maximum atomic E-state index is 12.3. The molecule has 5 heteroatoms. The molecule has 3 rings (SSSR count). The Balaban J connectivity index is 1.46.